The second-order valence-electron chi connectivity index (χ2n) is 7.09. The second kappa shape index (κ2) is 3.94. The first-order valence-corrected chi connectivity index (χ1v) is 8.17. The average molecular weight is 319 g/mol. The molecule has 4 aliphatic carbocycles. The zero-order chi connectivity index (χ0) is 13.1. The Hall–Kier alpha value is -0.630. The molecule has 0 radical (unpaired) electrons. The predicted molar refractivity (Wildman–Crippen MR) is 79.5 cm³/mol. The standard InChI is InChI=1S/C17H19BrO/c18-17-9-12-6-13(10-17)8-16(7-12,11-17)15(19)14-4-2-1-3-5-14/h1-5,12-13H,6-11H2/t12-,13-,16?,17?/m1/s1. The predicted octanol–water partition coefficient (Wildman–Crippen LogP) is 4.60. The SMILES string of the molecule is O=C(c1ccccc1)C12C[C@H]3C[C@@H](CC(Br)(C3)C1)C2. The van der Waals surface area contributed by atoms with Crippen molar-refractivity contribution in [2.24, 2.45) is 17.3 Å². The number of halogens is 1. The van der Waals surface area contributed by atoms with Crippen LogP contribution in [0.4, 0.5) is 0 Å². The Morgan fingerprint density at radius 1 is 1.05 bits per heavy atom. The fourth-order valence-corrected chi connectivity index (χ4v) is 6.76. The van der Waals surface area contributed by atoms with Crippen molar-refractivity contribution in [1.82, 2.24) is 0 Å². The van der Waals surface area contributed by atoms with Gasteiger partial charge in [0.25, 0.3) is 0 Å². The molecule has 0 unspecified atom stereocenters. The van der Waals surface area contributed by atoms with Gasteiger partial charge < -0.3 is 0 Å². The van der Waals surface area contributed by atoms with Gasteiger partial charge in [-0.25, -0.2) is 0 Å². The zero-order valence-corrected chi connectivity index (χ0v) is 12.7. The lowest BCUT2D eigenvalue weighted by atomic mass is 9.48. The highest BCUT2D eigenvalue weighted by Crippen LogP contribution is 2.65. The summed E-state index contributed by atoms with van der Waals surface area (Å²) in [5.41, 5.74) is 0.857. The van der Waals surface area contributed by atoms with Crippen LogP contribution >= 0.6 is 15.9 Å². The fraction of sp³-hybridized carbons (Fsp3) is 0.588. The third-order valence-corrected chi connectivity index (χ3v) is 6.44. The van der Waals surface area contributed by atoms with Crippen molar-refractivity contribution in [1.29, 1.82) is 0 Å². The third-order valence-electron chi connectivity index (χ3n) is 5.51. The van der Waals surface area contributed by atoms with E-state index in [1.807, 2.05) is 30.3 Å². The highest BCUT2D eigenvalue weighted by molar-refractivity contribution is 9.10. The Labute approximate surface area is 122 Å². The van der Waals surface area contributed by atoms with Crippen molar-refractivity contribution in [3.63, 3.8) is 0 Å². The van der Waals surface area contributed by atoms with Crippen molar-refractivity contribution >= 4 is 21.7 Å². The molecule has 1 nitrogen and oxygen atoms in total. The van der Waals surface area contributed by atoms with Gasteiger partial charge in [0.2, 0.25) is 0 Å². The molecule has 2 atom stereocenters. The monoisotopic (exact) mass is 318 g/mol. The molecule has 0 amide bonds. The van der Waals surface area contributed by atoms with E-state index in [9.17, 15) is 4.79 Å². The summed E-state index contributed by atoms with van der Waals surface area (Å²) in [7, 11) is 0. The molecule has 0 aromatic heterocycles. The van der Waals surface area contributed by atoms with Gasteiger partial charge >= 0.3 is 0 Å². The number of Topliss-reactive ketones (excluding diaryl/α,β-unsaturated/α-hetero) is 1. The molecule has 1 aromatic rings. The van der Waals surface area contributed by atoms with Gasteiger partial charge in [-0.15, -0.1) is 0 Å². The van der Waals surface area contributed by atoms with E-state index in [0.29, 0.717) is 5.78 Å². The van der Waals surface area contributed by atoms with Gasteiger partial charge in [0.05, 0.1) is 0 Å². The quantitative estimate of drug-likeness (QED) is 0.575. The van der Waals surface area contributed by atoms with Crippen molar-refractivity contribution in [3.8, 4) is 0 Å². The van der Waals surface area contributed by atoms with Crippen LogP contribution < -0.4 is 0 Å². The molecule has 0 N–H and O–H groups in total. The maximum Gasteiger partial charge on any atom is 0.169 e. The Kier molecular flexibility index (Phi) is 2.52. The van der Waals surface area contributed by atoms with Crippen LogP contribution in [0, 0.1) is 17.3 Å². The minimum atomic E-state index is -0.0606. The Morgan fingerprint density at radius 2 is 1.68 bits per heavy atom. The summed E-state index contributed by atoms with van der Waals surface area (Å²) in [5.74, 6) is 1.95. The minimum Gasteiger partial charge on any atom is -0.294 e. The van der Waals surface area contributed by atoms with Crippen molar-refractivity contribution in [2.45, 2.75) is 42.8 Å². The lowest BCUT2D eigenvalue weighted by Gasteiger charge is -2.59. The molecule has 4 aliphatic rings. The summed E-state index contributed by atoms with van der Waals surface area (Å²) in [6.45, 7) is 0. The normalized spacial score (nSPS) is 43.4. The molecule has 19 heavy (non-hydrogen) atoms. The number of rotatable bonds is 2. The first-order chi connectivity index (χ1) is 9.09. The summed E-state index contributed by atoms with van der Waals surface area (Å²) in [6.07, 6.45) is 7.24. The van der Waals surface area contributed by atoms with Gasteiger partial charge in [0, 0.05) is 15.3 Å². The number of carbonyl (C=O) groups excluding carboxylic acids is 1. The topological polar surface area (TPSA) is 17.1 Å². The summed E-state index contributed by atoms with van der Waals surface area (Å²) in [5, 5.41) is 0. The number of hydrogen-bond donors (Lipinski definition) is 0. The molecule has 4 bridgehead atoms. The molecule has 4 saturated carbocycles. The number of alkyl halides is 1. The van der Waals surface area contributed by atoms with Crippen molar-refractivity contribution in [2.75, 3.05) is 0 Å². The van der Waals surface area contributed by atoms with Crippen LogP contribution in [0.5, 0.6) is 0 Å². The highest BCUT2D eigenvalue weighted by atomic mass is 79.9. The molecule has 100 valence electrons. The van der Waals surface area contributed by atoms with E-state index in [-0.39, 0.29) is 9.74 Å². The van der Waals surface area contributed by atoms with Crippen LogP contribution in [-0.2, 0) is 0 Å². The van der Waals surface area contributed by atoms with Crippen LogP contribution in [0.1, 0.15) is 48.9 Å². The van der Waals surface area contributed by atoms with Crippen LogP contribution in [0.15, 0.2) is 30.3 Å². The summed E-state index contributed by atoms with van der Waals surface area (Å²) >= 11 is 3.98. The maximum atomic E-state index is 13.0. The molecular weight excluding hydrogens is 300 g/mol. The first-order valence-electron chi connectivity index (χ1n) is 7.37. The lowest BCUT2D eigenvalue weighted by Crippen LogP contribution is -2.55. The van der Waals surface area contributed by atoms with Crippen LogP contribution in [0.25, 0.3) is 0 Å². The lowest BCUT2D eigenvalue weighted by molar-refractivity contribution is -0.0198. The maximum absolute atomic E-state index is 13.0. The first kappa shape index (κ1) is 12.1. The molecule has 5 rings (SSSR count). The number of ketones is 1. The molecule has 0 heterocycles. The molecule has 2 heteroatoms. The van der Waals surface area contributed by atoms with E-state index < -0.39 is 0 Å². The smallest absolute Gasteiger partial charge is 0.169 e. The largest absolute Gasteiger partial charge is 0.294 e. The Bertz CT molecular complexity index is 507. The zero-order valence-electron chi connectivity index (χ0n) is 11.1. The number of hydrogen-bond acceptors (Lipinski definition) is 1. The molecule has 0 aliphatic heterocycles. The second-order valence-corrected chi connectivity index (χ2v) is 8.77. The summed E-state index contributed by atoms with van der Waals surface area (Å²) in [4.78, 5) is 13.0. The van der Waals surface area contributed by atoms with Crippen molar-refractivity contribution in [3.05, 3.63) is 35.9 Å². The summed E-state index contributed by atoms with van der Waals surface area (Å²) in [6, 6.07) is 9.93. The molecular formula is C17H19BrO. The van der Waals surface area contributed by atoms with E-state index >= 15 is 0 Å². The van der Waals surface area contributed by atoms with Gasteiger partial charge in [0.15, 0.2) is 5.78 Å². The number of benzene rings is 1. The van der Waals surface area contributed by atoms with E-state index in [0.717, 1.165) is 36.7 Å². The average Bonchev–Trinajstić information content (AvgIpc) is 2.36. The van der Waals surface area contributed by atoms with E-state index in [1.165, 1.54) is 19.3 Å². The molecule has 0 saturated heterocycles. The molecule has 4 fully saturated rings. The van der Waals surface area contributed by atoms with Crippen LogP contribution in [-0.4, -0.2) is 10.1 Å². The minimum absolute atomic E-state index is 0.0606. The molecule has 1 aromatic carbocycles. The van der Waals surface area contributed by atoms with Gasteiger partial charge in [-0.1, -0.05) is 46.3 Å². The van der Waals surface area contributed by atoms with Gasteiger partial charge in [-0.3, -0.25) is 4.79 Å². The fourth-order valence-electron chi connectivity index (χ4n) is 5.31. The highest BCUT2D eigenvalue weighted by Gasteiger charge is 2.59. The Morgan fingerprint density at radius 3 is 2.26 bits per heavy atom. The van der Waals surface area contributed by atoms with Crippen molar-refractivity contribution < 1.29 is 4.79 Å². The summed E-state index contributed by atoms with van der Waals surface area (Å²) < 4.78 is 0.265. The number of carbonyl (C=O) groups is 1. The van der Waals surface area contributed by atoms with Gasteiger partial charge in [-0.05, 0) is 50.4 Å². The molecule has 0 spiro atoms. The van der Waals surface area contributed by atoms with Gasteiger partial charge in [-0.2, -0.15) is 0 Å². The van der Waals surface area contributed by atoms with E-state index in [2.05, 4.69) is 15.9 Å². The van der Waals surface area contributed by atoms with Gasteiger partial charge in [0.1, 0.15) is 0 Å². The Balaban J connectivity index is 1.72. The van der Waals surface area contributed by atoms with Crippen LogP contribution in [0.2, 0.25) is 0 Å². The third kappa shape index (κ3) is 1.83. The van der Waals surface area contributed by atoms with E-state index in [1.54, 1.807) is 0 Å². The van der Waals surface area contributed by atoms with E-state index in [4.69, 9.17) is 0 Å². The van der Waals surface area contributed by atoms with Crippen LogP contribution in [0.3, 0.4) is 0 Å².